The third-order valence-electron chi connectivity index (χ3n) is 4.91. The molecule has 110 valence electrons. The summed E-state index contributed by atoms with van der Waals surface area (Å²) in [6, 6.07) is 1.05. The summed E-state index contributed by atoms with van der Waals surface area (Å²) in [7, 11) is 0. The van der Waals surface area contributed by atoms with Crippen molar-refractivity contribution in [2.45, 2.75) is 44.7 Å². The van der Waals surface area contributed by atoms with Crippen LogP contribution in [0.2, 0.25) is 0 Å². The highest BCUT2D eigenvalue weighted by atomic mass is 35.5. The summed E-state index contributed by atoms with van der Waals surface area (Å²) in [5.74, 6) is 0.706. The molecule has 3 aliphatic heterocycles. The second kappa shape index (κ2) is 6.42. The standard InChI is InChI=1S/C14H25N3O.ClH/c1-11-9-16-8-2-3-13(16)10-17(11)14(18)12-4-6-15-7-5-12;/h11-13,15H,2-10H2,1H3;1H. The van der Waals surface area contributed by atoms with E-state index in [0.717, 1.165) is 39.0 Å². The van der Waals surface area contributed by atoms with Gasteiger partial charge < -0.3 is 10.2 Å². The Morgan fingerprint density at radius 3 is 2.63 bits per heavy atom. The summed E-state index contributed by atoms with van der Waals surface area (Å²) >= 11 is 0. The number of piperazine rings is 1. The van der Waals surface area contributed by atoms with E-state index in [0.29, 0.717) is 18.0 Å². The van der Waals surface area contributed by atoms with Crippen molar-refractivity contribution in [2.75, 3.05) is 32.7 Å². The monoisotopic (exact) mass is 287 g/mol. The second-order valence-corrected chi connectivity index (χ2v) is 6.15. The number of hydrogen-bond acceptors (Lipinski definition) is 3. The first kappa shape index (κ1) is 15.1. The van der Waals surface area contributed by atoms with E-state index in [-0.39, 0.29) is 18.3 Å². The third kappa shape index (κ3) is 3.06. The fourth-order valence-electron chi connectivity index (χ4n) is 3.80. The average molecular weight is 288 g/mol. The predicted octanol–water partition coefficient (Wildman–Crippen LogP) is 1.10. The zero-order valence-electron chi connectivity index (χ0n) is 11.8. The maximum atomic E-state index is 12.6. The Hall–Kier alpha value is -0.320. The molecule has 19 heavy (non-hydrogen) atoms. The fourth-order valence-corrected chi connectivity index (χ4v) is 3.80. The summed E-state index contributed by atoms with van der Waals surface area (Å²) in [5, 5.41) is 3.34. The van der Waals surface area contributed by atoms with E-state index in [2.05, 4.69) is 22.0 Å². The summed E-state index contributed by atoms with van der Waals surface area (Å²) in [5.41, 5.74) is 0. The molecule has 0 aromatic heterocycles. The first-order valence-electron chi connectivity index (χ1n) is 7.51. The third-order valence-corrected chi connectivity index (χ3v) is 4.91. The lowest BCUT2D eigenvalue weighted by molar-refractivity contribution is -0.142. The Balaban J connectivity index is 0.00000133. The SMILES string of the molecule is CC1CN2CCCC2CN1C(=O)C1CCNCC1.Cl. The van der Waals surface area contributed by atoms with Crippen LogP contribution in [0.3, 0.4) is 0 Å². The molecule has 5 heteroatoms. The zero-order chi connectivity index (χ0) is 12.5. The van der Waals surface area contributed by atoms with Crippen molar-refractivity contribution >= 4 is 18.3 Å². The van der Waals surface area contributed by atoms with E-state index in [4.69, 9.17) is 0 Å². The maximum Gasteiger partial charge on any atom is 0.226 e. The highest BCUT2D eigenvalue weighted by Crippen LogP contribution is 2.27. The van der Waals surface area contributed by atoms with E-state index in [1.54, 1.807) is 0 Å². The first-order chi connectivity index (χ1) is 8.75. The van der Waals surface area contributed by atoms with Gasteiger partial charge in [0.05, 0.1) is 0 Å². The molecule has 0 spiro atoms. The van der Waals surface area contributed by atoms with Crippen molar-refractivity contribution < 1.29 is 4.79 Å². The highest BCUT2D eigenvalue weighted by molar-refractivity contribution is 5.85. The van der Waals surface area contributed by atoms with Crippen LogP contribution >= 0.6 is 12.4 Å². The van der Waals surface area contributed by atoms with Crippen molar-refractivity contribution in [3.05, 3.63) is 0 Å². The van der Waals surface area contributed by atoms with Gasteiger partial charge in [-0.25, -0.2) is 0 Å². The smallest absolute Gasteiger partial charge is 0.226 e. The zero-order valence-corrected chi connectivity index (χ0v) is 12.6. The predicted molar refractivity (Wildman–Crippen MR) is 78.6 cm³/mol. The highest BCUT2D eigenvalue weighted by Gasteiger charge is 2.38. The molecule has 0 aliphatic carbocycles. The molecular weight excluding hydrogens is 262 g/mol. The normalized spacial score (nSPS) is 32.8. The lowest BCUT2D eigenvalue weighted by Gasteiger charge is -2.44. The number of nitrogens with zero attached hydrogens (tertiary/aromatic N) is 2. The molecule has 2 unspecified atom stereocenters. The Morgan fingerprint density at radius 1 is 1.16 bits per heavy atom. The van der Waals surface area contributed by atoms with Crippen molar-refractivity contribution in [2.24, 2.45) is 5.92 Å². The van der Waals surface area contributed by atoms with Gasteiger partial charge in [0.15, 0.2) is 0 Å². The fraction of sp³-hybridized carbons (Fsp3) is 0.929. The number of hydrogen-bond donors (Lipinski definition) is 1. The van der Waals surface area contributed by atoms with E-state index in [1.165, 1.54) is 19.4 Å². The lowest BCUT2D eigenvalue weighted by atomic mass is 9.94. The van der Waals surface area contributed by atoms with Gasteiger partial charge in [-0.15, -0.1) is 12.4 Å². The molecule has 1 amide bonds. The number of amides is 1. The minimum absolute atomic E-state index is 0. The molecule has 3 aliphatic rings. The van der Waals surface area contributed by atoms with Crippen LogP contribution in [0, 0.1) is 5.92 Å². The Labute approximate surface area is 122 Å². The number of fused-ring (bicyclic) bond motifs is 1. The minimum atomic E-state index is 0. The summed E-state index contributed by atoms with van der Waals surface area (Å²) in [4.78, 5) is 17.4. The van der Waals surface area contributed by atoms with E-state index in [1.807, 2.05) is 0 Å². The van der Waals surface area contributed by atoms with Gasteiger partial charge in [0.2, 0.25) is 5.91 Å². The molecule has 3 rings (SSSR count). The molecule has 1 N–H and O–H groups in total. The van der Waals surface area contributed by atoms with Crippen molar-refractivity contribution in [3.63, 3.8) is 0 Å². The number of halogens is 1. The molecule has 3 saturated heterocycles. The largest absolute Gasteiger partial charge is 0.337 e. The molecule has 0 aromatic rings. The molecule has 0 radical (unpaired) electrons. The van der Waals surface area contributed by atoms with Crippen LogP contribution in [0.25, 0.3) is 0 Å². The van der Waals surface area contributed by atoms with Crippen molar-refractivity contribution in [1.29, 1.82) is 0 Å². The van der Waals surface area contributed by atoms with Gasteiger partial charge >= 0.3 is 0 Å². The number of rotatable bonds is 1. The summed E-state index contributed by atoms with van der Waals surface area (Å²) in [6.07, 6.45) is 4.64. The minimum Gasteiger partial charge on any atom is -0.337 e. The van der Waals surface area contributed by atoms with E-state index >= 15 is 0 Å². The molecule has 3 fully saturated rings. The quantitative estimate of drug-likeness (QED) is 0.785. The topological polar surface area (TPSA) is 35.6 Å². The molecule has 3 heterocycles. The molecule has 0 aromatic carbocycles. The molecule has 4 nitrogen and oxygen atoms in total. The molecular formula is C14H26ClN3O. The molecule has 2 atom stereocenters. The maximum absolute atomic E-state index is 12.6. The van der Waals surface area contributed by atoms with Crippen LogP contribution in [0.1, 0.15) is 32.6 Å². The van der Waals surface area contributed by atoms with Crippen molar-refractivity contribution in [3.8, 4) is 0 Å². The van der Waals surface area contributed by atoms with Crippen LogP contribution in [0.4, 0.5) is 0 Å². The van der Waals surface area contributed by atoms with Gasteiger partial charge in [-0.3, -0.25) is 9.69 Å². The summed E-state index contributed by atoms with van der Waals surface area (Å²) < 4.78 is 0. The van der Waals surface area contributed by atoms with Crippen LogP contribution in [0.5, 0.6) is 0 Å². The molecule has 0 bridgehead atoms. The van der Waals surface area contributed by atoms with Gasteiger partial charge in [-0.05, 0) is 52.2 Å². The van der Waals surface area contributed by atoms with Crippen LogP contribution in [-0.2, 0) is 4.79 Å². The number of nitrogens with one attached hydrogen (secondary N) is 1. The Kier molecular flexibility index (Phi) is 5.09. The van der Waals surface area contributed by atoms with Crippen LogP contribution in [0.15, 0.2) is 0 Å². The number of carbonyl (C=O) groups excluding carboxylic acids is 1. The van der Waals surface area contributed by atoms with Gasteiger partial charge in [-0.2, -0.15) is 0 Å². The number of piperidine rings is 1. The van der Waals surface area contributed by atoms with Crippen LogP contribution in [-0.4, -0.2) is 60.5 Å². The van der Waals surface area contributed by atoms with E-state index < -0.39 is 0 Å². The molecule has 0 saturated carbocycles. The summed E-state index contributed by atoms with van der Waals surface area (Å²) in [6.45, 7) is 7.53. The van der Waals surface area contributed by atoms with Crippen molar-refractivity contribution in [1.82, 2.24) is 15.1 Å². The average Bonchev–Trinajstić information content (AvgIpc) is 2.85. The first-order valence-corrected chi connectivity index (χ1v) is 7.51. The number of carbonyl (C=O) groups is 1. The lowest BCUT2D eigenvalue weighted by Crippen LogP contribution is -2.58. The van der Waals surface area contributed by atoms with Crippen LogP contribution < -0.4 is 5.32 Å². The second-order valence-electron chi connectivity index (χ2n) is 6.15. The van der Waals surface area contributed by atoms with Gasteiger partial charge in [0, 0.05) is 31.1 Å². The Bertz CT molecular complexity index is 320. The van der Waals surface area contributed by atoms with Gasteiger partial charge in [0.1, 0.15) is 0 Å². The van der Waals surface area contributed by atoms with Gasteiger partial charge in [0.25, 0.3) is 0 Å². The van der Waals surface area contributed by atoms with E-state index in [9.17, 15) is 4.79 Å². The Morgan fingerprint density at radius 2 is 1.89 bits per heavy atom. The van der Waals surface area contributed by atoms with Gasteiger partial charge in [-0.1, -0.05) is 0 Å².